The van der Waals surface area contributed by atoms with Gasteiger partial charge in [0, 0.05) is 6.42 Å². The molecule has 0 saturated carbocycles. The van der Waals surface area contributed by atoms with Crippen molar-refractivity contribution in [3.05, 3.63) is 22.7 Å². The predicted octanol–water partition coefficient (Wildman–Crippen LogP) is 0.748. The first-order valence-corrected chi connectivity index (χ1v) is 3.94. The van der Waals surface area contributed by atoms with Gasteiger partial charge in [-0.15, -0.1) is 0 Å². The number of aromatic nitrogens is 2. The maximum Gasteiger partial charge on any atom is 0.326 e. The lowest BCUT2D eigenvalue weighted by molar-refractivity contribution is -0.911. The molecular formula is C7H8ClN2O+. The minimum atomic E-state index is 0.530. The number of halogens is 1. The van der Waals surface area contributed by atoms with Crippen LogP contribution in [0.5, 0.6) is 0 Å². The van der Waals surface area contributed by atoms with Crippen molar-refractivity contribution in [2.24, 2.45) is 0 Å². The molecule has 0 radical (unpaired) electrons. The van der Waals surface area contributed by atoms with E-state index in [1.165, 1.54) is 6.33 Å². The van der Waals surface area contributed by atoms with Crippen LogP contribution in [0.3, 0.4) is 0 Å². The summed E-state index contributed by atoms with van der Waals surface area (Å²) in [4.78, 5) is 3.83. The SMILES string of the molecule is O[n+]1cnc(Cl)c2c1CCC2. The molecule has 1 aromatic rings. The highest BCUT2D eigenvalue weighted by Crippen LogP contribution is 2.23. The van der Waals surface area contributed by atoms with Crippen molar-refractivity contribution in [3.8, 4) is 0 Å². The average molecular weight is 172 g/mol. The summed E-state index contributed by atoms with van der Waals surface area (Å²) < 4.78 is 1.06. The minimum Gasteiger partial charge on any atom is -0.350 e. The Kier molecular flexibility index (Phi) is 1.46. The first kappa shape index (κ1) is 6.85. The molecule has 0 spiro atoms. The molecule has 58 valence electrons. The third kappa shape index (κ3) is 0.959. The molecule has 3 nitrogen and oxygen atoms in total. The molecule has 0 aliphatic heterocycles. The zero-order valence-electron chi connectivity index (χ0n) is 5.92. The van der Waals surface area contributed by atoms with Gasteiger partial charge in [0.05, 0.1) is 5.56 Å². The standard InChI is InChI=1S/C7H8ClN2O/c8-7-5-2-1-3-6(5)10(11)4-9-7/h4,11H,1-3H2/q+1. The van der Waals surface area contributed by atoms with E-state index in [9.17, 15) is 5.21 Å². The Labute approximate surface area is 69.2 Å². The van der Waals surface area contributed by atoms with Crippen LogP contribution < -0.4 is 4.73 Å². The molecule has 0 saturated heterocycles. The highest BCUT2D eigenvalue weighted by atomic mass is 35.5. The van der Waals surface area contributed by atoms with E-state index in [4.69, 9.17) is 11.6 Å². The second-order valence-electron chi connectivity index (χ2n) is 2.66. The summed E-state index contributed by atoms with van der Waals surface area (Å²) in [6.45, 7) is 0. The molecule has 0 fully saturated rings. The van der Waals surface area contributed by atoms with Crippen LogP contribution in [-0.2, 0) is 12.8 Å². The molecule has 0 unspecified atom stereocenters. The molecule has 1 aromatic heterocycles. The molecule has 1 N–H and O–H groups in total. The van der Waals surface area contributed by atoms with Crippen LogP contribution in [-0.4, -0.2) is 10.2 Å². The van der Waals surface area contributed by atoms with Crippen molar-refractivity contribution in [1.82, 2.24) is 4.98 Å². The number of fused-ring (bicyclic) bond motifs is 1. The van der Waals surface area contributed by atoms with Crippen LogP contribution >= 0.6 is 11.6 Å². The Hall–Kier alpha value is -0.830. The van der Waals surface area contributed by atoms with Crippen molar-refractivity contribution in [3.63, 3.8) is 0 Å². The summed E-state index contributed by atoms with van der Waals surface area (Å²) in [5.41, 5.74) is 1.90. The molecule has 0 atom stereocenters. The molecule has 0 aromatic carbocycles. The van der Waals surface area contributed by atoms with Gasteiger partial charge in [-0.2, -0.15) is 0 Å². The summed E-state index contributed by atoms with van der Waals surface area (Å²) >= 11 is 5.81. The van der Waals surface area contributed by atoms with Crippen LogP contribution in [0.4, 0.5) is 0 Å². The first-order chi connectivity index (χ1) is 5.29. The van der Waals surface area contributed by atoms with Crippen molar-refractivity contribution in [1.29, 1.82) is 0 Å². The van der Waals surface area contributed by atoms with E-state index in [2.05, 4.69) is 4.98 Å². The van der Waals surface area contributed by atoms with Gasteiger partial charge in [-0.3, -0.25) is 0 Å². The van der Waals surface area contributed by atoms with Crippen LogP contribution in [0.15, 0.2) is 6.33 Å². The maximum absolute atomic E-state index is 9.25. The first-order valence-electron chi connectivity index (χ1n) is 3.56. The normalized spacial score (nSPS) is 15.0. The third-order valence-corrected chi connectivity index (χ3v) is 2.32. The molecule has 11 heavy (non-hydrogen) atoms. The van der Waals surface area contributed by atoms with Gasteiger partial charge in [-0.05, 0) is 29.4 Å². The monoisotopic (exact) mass is 171 g/mol. The molecule has 1 aliphatic rings. The number of rotatable bonds is 0. The van der Waals surface area contributed by atoms with E-state index in [0.29, 0.717) is 5.15 Å². The van der Waals surface area contributed by atoms with Gasteiger partial charge >= 0.3 is 6.33 Å². The van der Waals surface area contributed by atoms with Crippen molar-refractivity contribution in [2.45, 2.75) is 19.3 Å². The lowest BCUT2D eigenvalue weighted by Gasteiger charge is -1.95. The average Bonchev–Trinajstić information content (AvgIpc) is 2.45. The van der Waals surface area contributed by atoms with Gasteiger partial charge in [0.15, 0.2) is 5.69 Å². The van der Waals surface area contributed by atoms with Crippen molar-refractivity contribution >= 4 is 11.6 Å². The molecule has 0 bridgehead atoms. The zero-order chi connectivity index (χ0) is 7.84. The van der Waals surface area contributed by atoms with E-state index in [-0.39, 0.29) is 0 Å². The molecule has 0 amide bonds. The Bertz CT molecular complexity index is 272. The Morgan fingerprint density at radius 1 is 1.55 bits per heavy atom. The van der Waals surface area contributed by atoms with Gasteiger partial charge in [0.25, 0.3) is 0 Å². The molecule has 1 heterocycles. The summed E-state index contributed by atoms with van der Waals surface area (Å²) in [6.07, 6.45) is 4.23. The number of hydrogen-bond donors (Lipinski definition) is 1. The Balaban J connectivity index is 2.64. The van der Waals surface area contributed by atoms with Crippen LogP contribution in [0.2, 0.25) is 5.15 Å². The summed E-state index contributed by atoms with van der Waals surface area (Å²) in [5.74, 6) is 0. The largest absolute Gasteiger partial charge is 0.350 e. The van der Waals surface area contributed by atoms with E-state index in [1.807, 2.05) is 0 Å². The van der Waals surface area contributed by atoms with Crippen LogP contribution in [0.25, 0.3) is 0 Å². The highest BCUT2D eigenvalue weighted by Gasteiger charge is 2.24. The molecule has 2 rings (SSSR count). The van der Waals surface area contributed by atoms with Crippen LogP contribution in [0.1, 0.15) is 17.7 Å². The van der Waals surface area contributed by atoms with Crippen molar-refractivity contribution < 1.29 is 9.94 Å². The Morgan fingerprint density at radius 2 is 2.36 bits per heavy atom. The van der Waals surface area contributed by atoms with Gasteiger partial charge in [0.2, 0.25) is 5.15 Å². The van der Waals surface area contributed by atoms with E-state index >= 15 is 0 Å². The molecule has 1 aliphatic carbocycles. The highest BCUT2D eigenvalue weighted by molar-refractivity contribution is 6.30. The van der Waals surface area contributed by atoms with Crippen molar-refractivity contribution in [2.75, 3.05) is 0 Å². The smallest absolute Gasteiger partial charge is 0.326 e. The second kappa shape index (κ2) is 2.34. The summed E-state index contributed by atoms with van der Waals surface area (Å²) in [5, 5.41) is 9.78. The second-order valence-corrected chi connectivity index (χ2v) is 3.02. The van der Waals surface area contributed by atoms with E-state index < -0.39 is 0 Å². The van der Waals surface area contributed by atoms with E-state index in [1.54, 1.807) is 0 Å². The number of nitrogens with zero attached hydrogens (tertiary/aromatic N) is 2. The quantitative estimate of drug-likeness (QED) is 0.355. The third-order valence-electron chi connectivity index (χ3n) is 1.99. The summed E-state index contributed by atoms with van der Waals surface area (Å²) in [6, 6.07) is 0. The van der Waals surface area contributed by atoms with E-state index in [0.717, 1.165) is 35.3 Å². The maximum atomic E-state index is 9.25. The van der Waals surface area contributed by atoms with Crippen LogP contribution in [0, 0.1) is 0 Å². The summed E-state index contributed by atoms with van der Waals surface area (Å²) in [7, 11) is 0. The zero-order valence-corrected chi connectivity index (χ0v) is 6.67. The number of hydrogen-bond acceptors (Lipinski definition) is 2. The fourth-order valence-corrected chi connectivity index (χ4v) is 1.70. The minimum absolute atomic E-state index is 0.530. The fraction of sp³-hybridized carbons (Fsp3) is 0.429. The molecule has 4 heteroatoms. The molecular weight excluding hydrogens is 164 g/mol. The van der Waals surface area contributed by atoms with Gasteiger partial charge in [-0.1, -0.05) is 4.73 Å². The van der Waals surface area contributed by atoms with Gasteiger partial charge < -0.3 is 5.21 Å². The fourth-order valence-electron chi connectivity index (χ4n) is 1.46. The predicted molar refractivity (Wildman–Crippen MR) is 38.7 cm³/mol. The van der Waals surface area contributed by atoms with Gasteiger partial charge in [0.1, 0.15) is 0 Å². The topological polar surface area (TPSA) is 37.0 Å². The lowest BCUT2D eigenvalue weighted by Crippen LogP contribution is -2.35. The van der Waals surface area contributed by atoms with Gasteiger partial charge in [-0.25, -0.2) is 0 Å². The Morgan fingerprint density at radius 3 is 3.09 bits per heavy atom. The lowest BCUT2D eigenvalue weighted by atomic mass is 10.3.